The van der Waals surface area contributed by atoms with Gasteiger partial charge in [0.15, 0.2) is 5.16 Å². The van der Waals surface area contributed by atoms with Crippen molar-refractivity contribution in [3.05, 3.63) is 33.6 Å². The van der Waals surface area contributed by atoms with Gasteiger partial charge in [0.25, 0.3) is 0 Å². The van der Waals surface area contributed by atoms with E-state index >= 15 is 0 Å². The van der Waals surface area contributed by atoms with E-state index in [1.54, 1.807) is 12.1 Å². The number of thioether (sulfide) groups is 1. The standard InChI is InChI=1S/C16H19Cl2N5O2S/c1-3-23-12(7-6-11(19)24)21-22-16(23)26-8-13(25)20-15-10(17)5-4-9(2)14(15)18/h4-5H,3,6-8H2,1-2H3,(H2,19,24)(H,20,25). The van der Waals surface area contributed by atoms with Crippen molar-refractivity contribution in [3.8, 4) is 0 Å². The van der Waals surface area contributed by atoms with Crippen molar-refractivity contribution >= 4 is 52.5 Å². The molecule has 2 aromatic rings. The second-order valence-corrected chi connectivity index (χ2v) is 7.23. The summed E-state index contributed by atoms with van der Waals surface area (Å²) in [6, 6.07) is 3.47. The van der Waals surface area contributed by atoms with Gasteiger partial charge in [-0.15, -0.1) is 10.2 Å². The van der Waals surface area contributed by atoms with Gasteiger partial charge in [-0.3, -0.25) is 9.59 Å². The van der Waals surface area contributed by atoms with Gasteiger partial charge in [0.2, 0.25) is 11.8 Å². The maximum atomic E-state index is 12.3. The largest absolute Gasteiger partial charge is 0.370 e. The number of carbonyl (C=O) groups is 2. The van der Waals surface area contributed by atoms with Crippen LogP contribution >= 0.6 is 35.0 Å². The quantitative estimate of drug-likeness (QED) is 0.644. The number of nitrogens with two attached hydrogens (primary N) is 1. The molecule has 0 fully saturated rings. The highest BCUT2D eigenvalue weighted by Gasteiger charge is 2.16. The van der Waals surface area contributed by atoms with Gasteiger partial charge in [-0.05, 0) is 25.5 Å². The number of amides is 2. The topological polar surface area (TPSA) is 103 Å². The first-order chi connectivity index (χ1) is 12.3. The highest BCUT2D eigenvalue weighted by molar-refractivity contribution is 7.99. The lowest BCUT2D eigenvalue weighted by Crippen LogP contribution is -2.16. The van der Waals surface area contributed by atoms with Crippen molar-refractivity contribution in [2.45, 2.75) is 38.4 Å². The summed E-state index contributed by atoms with van der Waals surface area (Å²) in [5.41, 5.74) is 6.39. The van der Waals surface area contributed by atoms with Crippen molar-refractivity contribution in [3.63, 3.8) is 0 Å². The van der Waals surface area contributed by atoms with Crippen LogP contribution in [-0.4, -0.2) is 32.3 Å². The first-order valence-electron chi connectivity index (χ1n) is 7.91. The van der Waals surface area contributed by atoms with Gasteiger partial charge in [0.1, 0.15) is 5.82 Å². The number of hydrogen-bond donors (Lipinski definition) is 2. The SMILES string of the molecule is CCn1c(CCC(N)=O)nnc1SCC(=O)Nc1c(Cl)ccc(C)c1Cl. The zero-order valence-corrected chi connectivity index (χ0v) is 16.7. The number of aryl methyl sites for hydroxylation is 2. The highest BCUT2D eigenvalue weighted by atomic mass is 35.5. The maximum absolute atomic E-state index is 12.3. The fourth-order valence-electron chi connectivity index (χ4n) is 2.24. The molecule has 1 aromatic heterocycles. The fraction of sp³-hybridized carbons (Fsp3) is 0.375. The molecule has 2 rings (SSSR count). The van der Waals surface area contributed by atoms with Crippen LogP contribution in [0.2, 0.25) is 10.0 Å². The van der Waals surface area contributed by atoms with E-state index in [1.165, 1.54) is 11.8 Å². The van der Waals surface area contributed by atoms with Crippen LogP contribution in [0.25, 0.3) is 0 Å². The molecule has 1 aromatic carbocycles. The van der Waals surface area contributed by atoms with Crippen LogP contribution in [0.3, 0.4) is 0 Å². The van der Waals surface area contributed by atoms with Gasteiger partial charge in [0.05, 0.1) is 21.5 Å². The minimum atomic E-state index is -0.392. The van der Waals surface area contributed by atoms with Crippen molar-refractivity contribution in [2.75, 3.05) is 11.1 Å². The molecule has 0 aliphatic rings. The Kier molecular flexibility index (Phi) is 7.31. The van der Waals surface area contributed by atoms with Gasteiger partial charge in [-0.1, -0.05) is 41.0 Å². The zero-order chi connectivity index (χ0) is 19.3. The lowest BCUT2D eigenvalue weighted by molar-refractivity contribution is -0.118. The third-order valence-electron chi connectivity index (χ3n) is 3.59. The Bertz CT molecular complexity index is 825. The first-order valence-corrected chi connectivity index (χ1v) is 9.65. The van der Waals surface area contributed by atoms with Crippen molar-refractivity contribution < 1.29 is 9.59 Å². The minimum Gasteiger partial charge on any atom is -0.370 e. The molecular weight excluding hydrogens is 397 g/mol. The van der Waals surface area contributed by atoms with Crippen molar-refractivity contribution in [2.24, 2.45) is 5.73 Å². The molecule has 1 heterocycles. The minimum absolute atomic E-state index is 0.120. The molecule has 3 N–H and O–H groups in total. The molecule has 7 nitrogen and oxygen atoms in total. The monoisotopic (exact) mass is 415 g/mol. The summed E-state index contributed by atoms with van der Waals surface area (Å²) in [6.45, 7) is 4.40. The normalized spacial score (nSPS) is 10.8. The van der Waals surface area contributed by atoms with E-state index in [0.29, 0.717) is 39.7 Å². The van der Waals surface area contributed by atoms with E-state index in [1.807, 2.05) is 18.4 Å². The van der Waals surface area contributed by atoms with Crippen LogP contribution in [0, 0.1) is 6.92 Å². The van der Waals surface area contributed by atoms with E-state index in [9.17, 15) is 9.59 Å². The molecule has 0 atom stereocenters. The Morgan fingerprint density at radius 2 is 2.04 bits per heavy atom. The van der Waals surface area contributed by atoms with E-state index in [-0.39, 0.29) is 18.1 Å². The molecule has 0 saturated heterocycles. The van der Waals surface area contributed by atoms with Crippen molar-refractivity contribution in [1.29, 1.82) is 0 Å². The number of halogens is 2. The fourth-order valence-corrected chi connectivity index (χ4v) is 3.53. The number of anilines is 1. The Hall–Kier alpha value is -1.77. The second kappa shape index (κ2) is 9.25. The molecule has 140 valence electrons. The summed E-state index contributed by atoms with van der Waals surface area (Å²) < 4.78 is 1.85. The maximum Gasteiger partial charge on any atom is 0.234 e. The summed E-state index contributed by atoms with van der Waals surface area (Å²) in [5.74, 6) is 0.137. The molecule has 2 amide bonds. The average Bonchev–Trinajstić information content (AvgIpc) is 3.00. The summed E-state index contributed by atoms with van der Waals surface area (Å²) in [7, 11) is 0. The number of rotatable bonds is 8. The molecular formula is C16H19Cl2N5O2S. The molecule has 26 heavy (non-hydrogen) atoms. The third-order valence-corrected chi connectivity index (χ3v) is 5.35. The van der Waals surface area contributed by atoms with Gasteiger partial charge in [-0.25, -0.2) is 0 Å². The molecule has 0 saturated carbocycles. The Labute approximate surface area is 165 Å². The summed E-state index contributed by atoms with van der Waals surface area (Å²) in [6.07, 6.45) is 0.616. The lowest BCUT2D eigenvalue weighted by atomic mass is 10.2. The third kappa shape index (κ3) is 5.12. The predicted octanol–water partition coefficient (Wildman–Crippen LogP) is 3.06. The number of hydrogen-bond acceptors (Lipinski definition) is 5. The van der Waals surface area contributed by atoms with Crippen LogP contribution in [0.15, 0.2) is 17.3 Å². The van der Waals surface area contributed by atoms with Crippen LogP contribution in [0.1, 0.15) is 24.7 Å². The molecule has 0 radical (unpaired) electrons. The number of aromatic nitrogens is 3. The van der Waals surface area contributed by atoms with E-state index in [2.05, 4.69) is 15.5 Å². The zero-order valence-electron chi connectivity index (χ0n) is 14.4. The van der Waals surface area contributed by atoms with Gasteiger partial charge in [-0.2, -0.15) is 0 Å². The molecule has 10 heteroatoms. The number of nitrogens with one attached hydrogen (secondary N) is 1. The Morgan fingerprint density at radius 1 is 1.31 bits per heavy atom. The molecule has 0 aliphatic heterocycles. The highest BCUT2D eigenvalue weighted by Crippen LogP contribution is 2.33. The first kappa shape index (κ1) is 20.5. The van der Waals surface area contributed by atoms with Crippen LogP contribution in [-0.2, 0) is 22.6 Å². The average molecular weight is 416 g/mol. The molecule has 0 spiro atoms. The van der Waals surface area contributed by atoms with Crippen molar-refractivity contribution in [1.82, 2.24) is 14.8 Å². The van der Waals surface area contributed by atoms with E-state index in [4.69, 9.17) is 28.9 Å². The number of benzene rings is 1. The van der Waals surface area contributed by atoms with Gasteiger partial charge in [0, 0.05) is 19.4 Å². The lowest BCUT2D eigenvalue weighted by Gasteiger charge is -2.11. The van der Waals surface area contributed by atoms with E-state index in [0.717, 1.165) is 5.56 Å². The van der Waals surface area contributed by atoms with Crippen LogP contribution in [0.4, 0.5) is 5.69 Å². The van der Waals surface area contributed by atoms with E-state index < -0.39 is 5.91 Å². The summed E-state index contributed by atoms with van der Waals surface area (Å²) in [4.78, 5) is 23.2. The summed E-state index contributed by atoms with van der Waals surface area (Å²) >= 11 is 13.5. The van der Waals surface area contributed by atoms with Gasteiger partial charge < -0.3 is 15.6 Å². The smallest absolute Gasteiger partial charge is 0.234 e. The number of primary amides is 1. The number of carbonyl (C=O) groups excluding carboxylic acids is 2. The Balaban J connectivity index is 2.02. The molecule has 0 unspecified atom stereocenters. The Morgan fingerprint density at radius 3 is 2.69 bits per heavy atom. The molecule has 0 aliphatic carbocycles. The van der Waals surface area contributed by atoms with Gasteiger partial charge >= 0.3 is 0 Å². The second-order valence-electron chi connectivity index (χ2n) is 5.50. The van der Waals surface area contributed by atoms with Crippen LogP contribution < -0.4 is 11.1 Å². The van der Waals surface area contributed by atoms with Crippen LogP contribution in [0.5, 0.6) is 0 Å². The predicted molar refractivity (Wildman–Crippen MR) is 104 cm³/mol. The molecule has 0 bridgehead atoms. The summed E-state index contributed by atoms with van der Waals surface area (Å²) in [5, 5.41) is 12.3. The number of nitrogens with zero attached hydrogens (tertiary/aromatic N) is 3.